The van der Waals surface area contributed by atoms with Crippen molar-refractivity contribution in [2.45, 2.75) is 131 Å². The maximum absolute atomic E-state index is 2.69. The first-order chi connectivity index (χ1) is 49.8. The van der Waals surface area contributed by atoms with Gasteiger partial charge in [-0.25, -0.2) is 0 Å². The van der Waals surface area contributed by atoms with Crippen LogP contribution in [0.15, 0.2) is 273 Å². The fraction of sp³-hybridized carbons (Fsp3) is 0.204. The van der Waals surface area contributed by atoms with Crippen molar-refractivity contribution in [1.82, 2.24) is 13.7 Å². The predicted octanol–water partition coefficient (Wildman–Crippen LogP) is 24.9. The van der Waals surface area contributed by atoms with E-state index >= 15 is 0 Å². The van der Waals surface area contributed by atoms with Gasteiger partial charge in [-0.1, -0.05) is 262 Å². The second-order valence-electron chi connectivity index (χ2n) is 34.7. The Kier molecular flexibility index (Phi) is 14.5. The van der Waals surface area contributed by atoms with Gasteiger partial charge in [0.05, 0.1) is 44.5 Å². The lowest BCUT2D eigenvalue weighted by Gasteiger charge is -2.46. The van der Waals surface area contributed by atoms with Crippen LogP contribution in [0.2, 0.25) is 0 Å². The lowest BCUT2D eigenvalue weighted by atomic mass is 9.33. The molecule has 0 fully saturated rings. The first kappa shape index (κ1) is 65.0. The third-order valence-electron chi connectivity index (χ3n) is 22.8. The molecule has 0 bridgehead atoms. The molecule has 0 spiro atoms. The molecule has 0 aliphatic carbocycles. The summed E-state index contributed by atoms with van der Waals surface area (Å²) in [6, 6.07) is 105. The lowest BCUT2D eigenvalue weighted by molar-refractivity contribution is 0.590. The molecule has 5 heterocycles. The summed E-state index contributed by atoms with van der Waals surface area (Å²) < 4.78 is 7.61. The summed E-state index contributed by atoms with van der Waals surface area (Å²) in [6.07, 6.45) is 0. The van der Waals surface area contributed by atoms with Gasteiger partial charge in [0.1, 0.15) is 0 Å². The van der Waals surface area contributed by atoms with Gasteiger partial charge in [-0.15, -0.1) is 0 Å². The van der Waals surface area contributed by atoms with E-state index in [0.29, 0.717) is 0 Å². The molecule has 0 saturated carbocycles. The minimum absolute atomic E-state index is 0.0421. The summed E-state index contributed by atoms with van der Waals surface area (Å²) in [6.45, 7) is 35.1. The predicted molar refractivity (Wildman–Crippen MR) is 448 cm³/mol. The standard InChI is InChI=1S/C98H90BN5/c1-94(2,3)63-39-48-82(74(53-63)61-29-19-16-20-30-61)103-87-59-69(101-84-50-41-65(96(7,8)9)55-76(84)77-56-66(97(10,11)12)42-51-85(77)101)43-46-78(87)99-79-47-44-70(102-80-37-27-25-35-71(80)72-45-52-86-91(93(72)102)73-36-26-28-38-81(73)100(86)68-33-23-18-24-34-68)60-88(79)104(90-58-67(98(13,14)15)57-89(103)92(90)99)83-49-40-64(95(4,5)6)54-75(83)62-31-21-17-22-32-62/h16-60H,1-15H3. The van der Waals surface area contributed by atoms with Gasteiger partial charge in [-0.2, -0.15) is 0 Å². The Labute approximate surface area is 613 Å². The number of benzene rings is 13. The van der Waals surface area contributed by atoms with Crippen molar-refractivity contribution < 1.29 is 0 Å². The average Bonchev–Trinajstić information content (AvgIpc) is 0.919. The second-order valence-corrected chi connectivity index (χ2v) is 34.7. The molecule has 0 N–H and O–H groups in total. The number of hydrogen-bond acceptors (Lipinski definition) is 2. The van der Waals surface area contributed by atoms with Crippen LogP contribution in [0.25, 0.3) is 105 Å². The highest BCUT2D eigenvalue weighted by Gasteiger charge is 2.46. The number of para-hydroxylation sites is 3. The van der Waals surface area contributed by atoms with E-state index < -0.39 is 0 Å². The normalized spacial score (nSPS) is 13.5. The van der Waals surface area contributed by atoms with Crippen LogP contribution in [0, 0.1) is 0 Å². The van der Waals surface area contributed by atoms with E-state index in [1.54, 1.807) is 0 Å². The smallest absolute Gasteiger partial charge is 0.252 e. The lowest BCUT2D eigenvalue weighted by Crippen LogP contribution is -2.61. The zero-order chi connectivity index (χ0) is 71.8. The van der Waals surface area contributed by atoms with E-state index in [4.69, 9.17) is 0 Å². The molecule has 0 saturated heterocycles. The number of anilines is 6. The molecule has 0 radical (unpaired) electrons. The number of hydrogen-bond donors (Lipinski definition) is 0. The van der Waals surface area contributed by atoms with Crippen molar-refractivity contribution in [1.29, 1.82) is 0 Å². The van der Waals surface area contributed by atoms with Crippen molar-refractivity contribution in [3.05, 3.63) is 301 Å². The summed E-state index contributed by atoms with van der Waals surface area (Å²) in [5.74, 6) is 0. The number of rotatable bonds is 7. The van der Waals surface area contributed by atoms with E-state index in [1.165, 1.54) is 143 Å². The first-order valence-electron chi connectivity index (χ1n) is 37.4. The van der Waals surface area contributed by atoms with Crippen LogP contribution in [0.5, 0.6) is 0 Å². The molecule has 3 aromatic heterocycles. The van der Waals surface area contributed by atoms with Crippen LogP contribution >= 0.6 is 0 Å². The van der Waals surface area contributed by atoms with Gasteiger partial charge in [0.25, 0.3) is 6.71 Å². The minimum Gasteiger partial charge on any atom is -0.311 e. The highest BCUT2D eigenvalue weighted by atomic mass is 15.2. The Bertz CT molecular complexity index is 6110. The van der Waals surface area contributed by atoms with Crippen molar-refractivity contribution in [2.24, 2.45) is 0 Å². The zero-order valence-electron chi connectivity index (χ0n) is 62.8. The maximum atomic E-state index is 2.69. The third kappa shape index (κ3) is 10.2. The maximum Gasteiger partial charge on any atom is 0.252 e. The monoisotopic (exact) mass is 1350 g/mol. The van der Waals surface area contributed by atoms with Crippen LogP contribution < -0.4 is 26.2 Å². The molecule has 2 aliphatic heterocycles. The second kappa shape index (κ2) is 23.2. The first-order valence-corrected chi connectivity index (χ1v) is 37.4. The highest BCUT2D eigenvalue weighted by Crippen LogP contribution is 2.53. The minimum atomic E-state index is -0.284. The van der Waals surface area contributed by atoms with Gasteiger partial charge in [0.2, 0.25) is 0 Å². The molecule has 18 rings (SSSR count). The largest absolute Gasteiger partial charge is 0.311 e. The van der Waals surface area contributed by atoms with E-state index in [0.717, 1.165) is 39.8 Å². The van der Waals surface area contributed by atoms with E-state index in [9.17, 15) is 0 Å². The van der Waals surface area contributed by atoms with Gasteiger partial charge >= 0.3 is 0 Å². The number of fused-ring (bicyclic) bond motifs is 14. The molecule has 5 nitrogen and oxygen atoms in total. The molecule has 0 atom stereocenters. The van der Waals surface area contributed by atoms with Crippen LogP contribution in [0.1, 0.15) is 132 Å². The molecular formula is C98H90BN5. The Hall–Kier alpha value is -11.1. The molecule has 13 aromatic carbocycles. The van der Waals surface area contributed by atoms with Gasteiger partial charge < -0.3 is 23.5 Å². The molecular weight excluding hydrogens is 1260 g/mol. The molecule has 16 aromatic rings. The fourth-order valence-electron chi connectivity index (χ4n) is 17.2. The summed E-state index contributed by atoms with van der Waals surface area (Å²) in [5.41, 5.74) is 31.8. The molecule has 6 heteroatoms. The summed E-state index contributed by atoms with van der Waals surface area (Å²) >= 11 is 0. The van der Waals surface area contributed by atoms with Gasteiger partial charge in [0.15, 0.2) is 0 Å². The topological polar surface area (TPSA) is 21.3 Å². The summed E-state index contributed by atoms with van der Waals surface area (Å²) in [4.78, 5) is 5.38. The van der Waals surface area contributed by atoms with Gasteiger partial charge in [0, 0.05) is 83.3 Å². The average molecular weight is 1350 g/mol. The van der Waals surface area contributed by atoms with E-state index in [1.807, 2.05) is 0 Å². The zero-order valence-corrected chi connectivity index (χ0v) is 62.8. The summed E-state index contributed by atoms with van der Waals surface area (Å²) in [5, 5.41) is 7.45. The van der Waals surface area contributed by atoms with Crippen LogP contribution in [0.3, 0.4) is 0 Å². The molecule has 0 unspecified atom stereocenters. The number of nitrogens with zero attached hydrogens (tertiary/aromatic N) is 5. The van der Waals surface area contributed by atoms with Crippen molar-refractivity contribution in [2.75, 3.05) is 9.80 Å². The molecule has 510 valence electrons. The van der Waals surface area contributed by atoms with Crippen LogP contribution in [0.4, 0.5) is 34.1 Å². The van der Waals surface area contributed by atoms with Crippen LogP contribution in [-0.2, 0) is 27.1 Å². The van der Waals surface area contributed by atoms with Crippen molar-refractivity contribution in [3.8, 4) is 39.3 Å². The highest BCUT2D eigenvalue weighted by molar-refractivity contribution is 7.00. The third-order valence-corrected chi connectivity index (χ3v) is 22.8. The fourth-order valence-corrected chi connectivity index (χ4v) is 17.2. The number of aromatic nitrogens is 3. The van der Waals surface area contributed by atoms with Gasteiger partial charge in [-0.3, -0.25) is 0 Å². The Morgan fingerprint density at radius 1 is 0.240 bits per heavy atom. The Morgan fingerprint density at radius 2 is 0.625 bits per heavy atom. The Balaban J connectivity index is 0.984. The SMILES string of the molecule is CC(C)(C)c1ccc(N2c3cc(-n4c5ccc(C(C)(C)C)cc5c5cc(C(C)(C)C)ccc54)ccc3B3c4ccc(-n5c6ccccc6c6ccc7c(c8ccccc8n7-c7ccccc7)c65)cc4N(c4ccc(C(C)(C)C)cc4-c4ccccc4)c4cc(C(C)(C)C)cc2c43)c(-c2ccccc2)c1. The van der Waals surface area contributed by atoms with Crippen molar-refractivity contribution in [3.63, 3.8) is 0 Å². The Morgan fingerprint density at radius 3 is 1.11 bits per heavy atom. The van der Waals surface area contributed by atoms with E-state index in [2.05, 4.69) is 400 Å². The molecule has 104 heavy (non-hydrogen) atoms. The van der Waals surface area contributed by atoms with Gasteiger partial charge in [-0.05, 0) is 198 Å². The molecule has 2 aliphatic rings. The van der Waals surface area contributed by atoms with Crippen molar-refractivity contribution >= 4 is 123 Å². The van der Waals surface area contributed by atoms with Crippen LogP contribution in [-0.4, -0.2) is 20.4 Å². The quantitative estimate of drug-likeness (QED) is 0.148. The molecule has 0 amide bonds. The summed E-state index contributed by atoms with van der Waals surface area (Å²) in [7, 11) is 0. The van der Waals surface area contributed by atoms with E-state index in [-0.39, 0.29) is 33.8 Å².